The monoisotopic (exact) mass is 239 g/mol. The molecular formula is C12H21N3O2. The Bertz CT molecular complexity index is 349. The highest BCUT2D eigenvalue weighted by Crippen LogP contribution is 2.00. The molecule has 0 radical (unpaired) electrons. The minimum atomic E-state index is 0.0159. The van der Waals surface area contributed by atoms with Crippen LogP contribution >= 0.6 is 0 Å². The first-order chi connectivity index (χ1) is 8.11. The van der Waals surface area contributed by atoms with Crippen molar-refractivity contribution in [3.63, 3.8) is 0 Å². The van der Waals surface area contributed by atoms with Gasteiger partial charge in [0.25, 0.3) is 0 Å². The summed E-state index contributed by atoms with van der Waals surface area (Å²) in [5.74, 6) is 0.763. The lowest BCUT2D eigenvalue weighted by Crippen LogP contribution is -2.38. The van der Waals surface area contributed by atoms with E-state index in [4.69, 9.17) is 4.52 Å². The van der Waals surface area contributed by atoms with Crippen molar-refractivity contribution < 1.29 is 9.32 Å². The molecule has 1 heterocycles. The minimum Gasteiger partial charge on any atom is -0.360 e. The van der Waals surface area contributed by atoms with Crippen molar-refractivity contribution in [2.75, 3.05) is 6.54 Å². The van der Waals surface area contributed by atoms with Gasteiger partial charge >= 0.3 is 0 Å². The largest absolute Gasteiger partial charge is 0.360 e. The van der Waals surface area contributed by atoms with Gasteiger partial charge in [0.2, 0.25) is 5.91 Å². The Morgan fingerprint density at radius 3 is 2.94 bits per heavy atom. The number of carbonyl (C=O) groups is 1. The molecule has 0 aliphatic heterocycles. The molecule has 1 unspecified atom stereocenters. The van der Waals surface area contributed by atoms with Crippen LogP contribution in [0, 0.1) is 6.92 Å². The number of hydrogen-bond donors (Lipinski definition) is 2. The van der Waals surface area contributed by atoms with E-state index in [9.17, 15) is 4.79 Å². The van der Waals surface area contributed by atoms with Crippen LogP contribution in [-0.4, -0.2) is 23.7 Å². The zero-order valence-corrected chi connectivity index (χ0v) is 10.7. The van der Waals surface area contributed by atoms with Crippen molar-refractivity contribution in [3.8, 4) is 0 Å². The molecule has 0 bridgehead atoms. The van der Waals surface area contributed by atoms with Crippen LogP contribution in [0.4, 0.5) is 0 Å². The number of rotatable bonds is 7. The molecule has 0 saturated carbocycles. The highest BCUT2D eigenvalue weighted by molar-refractivity contribution is 5.78. The van der Waals surface area contributed by atoms with Crippen LogP contribution in [0.2, 0.25) is 0 Å². The highest BCUT2D eigenvalue weighted by Gasteiger charge is 2.06. The van der Waals surface area contributed by atoms with Gasteiger partial charge in [-0.1, -0.05) is 18.5 Å². The number of amides is 1. The first-order valence-electron chi connectivity index (χ1n) is 6.04. The predicted octanol–water partition coefficient (Wildman–Crippen LogP) is 1.38. The molecule has 2 N–H and O–H groups in total. The molecule has 1 atom stereocenters. The second-order valence-corrected chi connectivity index (χ2v) is 4.30. The van der Waals surface area contributed by atoms with E-state index in [1.54, 1.807) is 0 Å². The fourth-order valence-electron chi connectivity index (χ4n) is 1.63. The number of hydrogen-bond acceptors (Lipinski definition) is 4. The molecule has 96 valence electrons. The lowest BCUT2D eigenvalue weighted by molar-refractivity contribution is -0.120. The van der Waals surface area contributed by atoms with Gasteiger partial charge in [-0.3, -0.25) is 4.79 Å². The quantitative estimate of drug-likeness (QED) is 0.754. The lowest BCUT2D eigenvalue weighted by Gasteiger charge is -2.12. The molecule has 1 rings (SSSR count). The Hall–Kier alpha value is -1.36. The van der Waals surface area contributed by atoms with E-state index >= 15 is 0 Å². The van der Waals surface area contributed by atoms with Gasteiger partial charge in [-0.2, -0.15) is 0 Å². The third kappa shape index (κ3) is 5.49. The topological polar surface area (TPSA) is 67.2 Å². The number of aryl methyl sites for hydroxylation is 1. The molecule has 0 fully saturated rings. The summed E-state index contributed by atoms with van der Waals surface area (Å²) >= 11 is 0. The molecule has 0 aliphatic rings. The molecule has 0 saturated heterocycles. The van der Waals surface area contributed by atoms with Gasteiger partial charge < -0.3 is 15.2 Å². The molecule has 1 aromatic heterocycles. The smallest absolute Gasteiger partial charge is 0.234 e. The van der Waals surface area contributed by atoms with Crippen molar-refractivity contribution in [2.24, 2.45) is 0 Å². The molecular weight excluding hydrogens is 218 g/mol. The number of carbonyl (C=O) groups excluding carboxylic acids is 1. The van der Waals surface area contributed by atoms with Crippen molar-refractivity contribution in [2.45, 2.75) is 46.2 Å². The number of nitrogens with zero attached hydrogens (tertiary/aromatic N) is 1. The van der Waals surface area contributed by atoms with E-state index < -0.39 is 0 Å². The second kappa shape index (κ2) is 7.06. The Balaban J connectivity index is 2.16. The molecule has 0 spiro atoms. The first kappa shape index (κ1) is 13.7. The number of nitrogens with one attached hydrogen (secondary N) is 2. The molecule has 17 heavy (non-hydrogen) atoms. The fourth-order valence-corrected chi connectivity index (χ4v) is 1.63. The molecule has 5 nitrogen and oxygen atoms in total. The maximum Gasteiger partial charge on any atom is 0.234 e. The lowest BCUT2D eigenvalue weighted by atomic mass is 10.2. The SMILES string of the molecule is CCCC(C)NC(=O)CNCc1cc(C)no1. The van der Waals surface area contributed by atoms with E-state index in [1.165, 1.54) is 0 Å². The Labute approximate surface area is 102 Å². The van der Waals surface area contributed by atoms with Crippen LogP contribution in [0.5, 0.6) is 0 Å². The summed E-state index contributed by atoms with van der Waals surface area (Å²) < 4.78 is 5.02. The van der Waals surface area contributed by atoms with Crippen molar-refractivity contribution >= 4 is 5.91 Å². The van der Waals surface area contributed by atoms with Crippen LogP contribution in [0.15, 0.2) is 10.6 Å². The van der Waals surface area contributed by atoms with Crippen molar-refractivity contribution in [3.05, 3.63) is 17.5 Å². The second-order valence-electron chi connectivity index (χ2n) is 4.30. The predicted molar refractivity (Wildman–Crippen MR) is 65.5 cm³/mol. The van der Waals surface area contributed by atoms with E-state index in [0.29, 0.717) is 13.1 Å². The van der Waals surface area contributed by atoms with Gasteiger partial charge in [0.05, 0.1) is 18.8 Å². The average Bonchev–Trinajstić information content (AvgIpc) is 2.64. The van der Waals surface area contributed by atoms with Crippen LogP contribution in [0.3, 0.4) is 0 Å². The highest BCUT2D eigenvalue weighted by atomic mass is 16.5. The minimum absolute atomic E-state index is 0.0159. The van der Waals surface area contributed by atoms with Crippen LogP contribution in [0.1, 0.15) is 38.1 Å². The van der Waals surface area contributed by atoms with Gasteiger partial charge in [0, 0.05) is 12.1 Å². The third-order valence-corrected chi connectivity index (χ3v) is 2.39. The van der Waals surface area contributed by atoms with E-state index in [0.717, 1.165) is 24.3 Å². The van der Waals surface area contributed by atoms with E-state index in [-0.39, 0.29) is 11.9 Å². The Morgan fingerprint density at radius 1 is 1.59 bits per heavy atom. The Morgan fingerprint density at radius 2 is 2.35 bits per heavy atom. The van der Waals surface area contributed by atoms with Crippen LogP contribution in [-0.2, 0) is 11.3 Å². The van der Waals surface area contributed by atoms with Gasteiger partial charge in [-0.05, 0) is 20.3 Å². The van der Waals surface area contributed by atoms with Gasteiger partial charge in [-0.15, -0.1) is 0 Å². The molecule has 0 aromatic carbocycles. The Kier molecular flexibility index (Phi) is 5.69. The van der Waals surface area contributed by atoms with E-state index in [1.807, 2.05) is 19.9 Å². The normalized spacial score (nSPS) is 12.4. The first-order valence-corrected chi connectivity index (χ1v) is 6.04. The molecule has 1 aromatic rings. The van der Waals surface area contributed by atoms with Gasteiger partial charge in [0.15, 0.2) is 5.76 Å². The van der Waals surface area contributed by atoms with Crippen LogP contribution < -0.4 is 10.6 Å². The standard InChI is InChI=1S/C12H21N3O2/c1-4-5-9(2)14-12(16)8-13-7-11-6-10(3)15-17-11/h6,9,13H,4-5,7-8H2,1-3H3,(H,14,16). The zero-order chi connectivity index (χ0) is 12.7. The summed E-state index contributed by atoms with van der Waals surface area (Å²) in [7, 11) is 0. The number of aromatic nitrogens is 1. The zero-order valence-electron chi connectivity index (χ0n) is 10.7. The maximum atomic E-state index is 11.5. The summed E-state index contributed by atoms with van der Waals surface area (Å²) in [5, 5.41) is 9.71. The van der Waals surface area contributed by atoms with Gasteiger partial charge in [-0.25, -0.2) is 0 Å². The van der Waals surface area contributed by atoms with Crippen molar-refractivity contribution in [1.29, 1.82) is 0 Å². The van der Waals surface area contributed by atoms with Crippen molar-refractivity contribution in [1.82, 2.24) is 15.8 Å². The average molecular weight is 239 g/mol. The summed E-state index contributed by atoms with van der Waals surface area (Å²) in [6.07, 6.45) is 2.08. The third-order valence-electron chi connectivity index (χ3n) is 2.39. The molecule has 5 heteroatoms. The summed E-state index contributed by atoms with van der Waals surface area (Å²) in [4.78, 5) is 11.5. The summed E-state index contributed by atoms with van der Waals surface area (Å²) in [6.45, 7) is 6.81. The van der Waals surface area contributed by atoms with Gasteiger partial charge in [0.1, 0.15) is 0 Å². The van der Waals surface area contributed by atoms with Crippen LogP contribution in [0.25, 0.3) is 0 Å². The summed E-state index contributed by atoms with van der Waals surface area (Å²) in [6, 6.07) is 2.09. The summed E-state index contributed by atoms with van der Waals surface area (Å²) in [5.41, 5.74) is 0.850. The molecule has 0 aliphatic carbocycles. The maximum absolute atomic E-state index is 11.5. The molecule has 1 amide bonds. The van der Waals surface area contributed by atoms with E-state index in [2.05, 4.69) is 22.7 Å². The fraction of sp³-hybridized carbons (Fsp3) is 0.667.